The third-order valence-electron chi connectivity index (χ3n) is 4.60. The third kappa shape index (κ3) is 8.19. The summed E-state index contributed by atoms with van der Waals surface area (Å²) in [6.07, 6.45) is 10.1. The first-order valence-corrected chi connectivity index (χ1v) is 10.4. The van der Waals surface area contributed by atoms with Crippen molar-refractivity contribution in [3.05, 3.63) is 23.8 Å². The average Bonchev–Trinajstić information content (AvgIpc) is 3.16. The molecular weight excluding hydrogens is 360 g/mol. The normalized spacial score (nSPS) is 12.0. The summed E-state index contributed by atoms with van der Waals surface area (Å²) in [5.41, 5.74) is 0.490. The van der Waals surface area contributed by atoms with E-state index in [1.54, 1.807) is 18.2 Å². The standard InChI is InChI=1S/C22H32O6/c1-2-11-21(23)25-14-9-7-5-3-4-6-8-10-15-26-22(24)18-12-13-19-20(16-18)28-17-27-19/h12-13,16H,2-11,14-15,17H2,1H3. The molecule has 2 rings (SSSR count). The molecular formula is C22H32O6. The molecule has 0 bridgehead atoms. The molecule has 0 saturated heterocycles. The van der Waals surface area contributed by atoms with Gasteiger partial charge in [-0.15, -0.1) is 0 Å². The van der Waals surface area contributed by atoms with Gasteiger partial charge in [-0.05, 0) is 37.5 Å². The Balaban J connectivity index is 1.40. The molecule has 0 aromatic heterocycles. The van der Waals surface area contributed by atoms with Crippen molar-refractivity contribution in [1.29, 1.82) is 0 Å². The summed E-state index contributed by atoms with van der Waals surface area (Å²) < 4.78 is 21.0. The zero-order chi connectivity index (χ0) is 20.0. The Morgan fingerprint density at radius 1 is 0.857 bits per heavy atom. The SMILES string of the molecule is CCCC(=O)OCCCCCCCCCCOC(=O)c1ccc2c(c1)OCO2. The van der Waals surface area contributed by atoms with Crippen LogP contribution < -0.4 is 9.47 Å². The van der Waals surface area contributed by atoms with E-state index >= 15 is 0 Å². The highest BCUT2D eigenvalue weighted by atomic mass is 16.7. The number of carbonyl (C=O) groups is 2. The predicted octanol–water partition coefficient (Wildman–Crippen LogP) is 5.04. The van der Waals surface area contributed by atoms with Crippen molar-refractivity contribution in [2.45, 2.75) is 71.1 Å². The fraction of sp³-hybridized carbons (Fsp3) is 0.636. The van der Waals surface area contributed by atoms with Crippen molar-refractivity contribution in [2.75, 3.05) is 20.0 Å². The zero-order valence-corrected chi connectivity index (χ0v) is 16.9. The molecule has 28 heavy (non-hydrogen) atoms. The molecule has 0 amide bonds. The lowest BCUT2D eigenvalue weighted by molar-refractivity contribution is -0.143. The molecule has 0 fully saturated rings. The number of ether oxygens (including phenoxy) is 4. The van der Waals surface area contributed by atoms with Crippen LogP contribution in [0.15, 0.2) is 18.2 Å². The van der Waals surface area contributed by atoms with Gasteiger partial charge in [0, 0.05) is 6.42 Å². The Morgan fingerprint density at radius 3 is 2.14 bits per heavy atom. The summed E-state index contributed by atoms with van der Waals surface area (Å²) in [6, 6.07) is 5.09. The maximum absolute atomic E-state index is 12.0. The second kappa shape index (κ2) is 13.0. The number of unbranched alkanes of at least 4 members (excludes halogenated alkanes) is 7. The summed E-state index contributed by atoms with van der Waals surface area (Å²) in [7, 11) is 0. The molecule has 156 valence electrons. The van der Waals surface area contributed by atoms with E-state index in [1.807, 2.05) is 6.92 Å². The van der Waals surface area contributed by atoms with Crippen molar-refractivity contribution in [3.8, 4) is 11.5 Å². The third-order valence-corrected chi connectivity index (χ3v) is 4.60. The topological polar surface area (TPSA) is 71.1 Å². The van der Waals surface area contributed by atoms with Gasteiger partial charge in [0.05, 0.1) is 18.8 Å². The zero-order valence-electron chi connectivity index (χ0n) is 16.9. The highest BCUT2D eigenvalue weighted by molar-refractivity contribution is 5.90. The van der Waals surface area contributed by atoms with Gasteiger partial charge in [-0.3, -0.25) is 4.79 Å². The molecule has 0 radical (unpaired) electrons. The van der Waals surface area contributed by atoms with E-state index in [0.717, 1.165) is 38.5 Å². The van der Waals surface area contributed by atoms with Crippen molar-refractivity contribution in [1.82, 2.24) is 0 Å². The average molecular weight is 392 g/mol. The molecule has 0 spiro atoms. The molecule has 0 saturated carbocycles. The number of hydrogen-bond acceptors (Lipinski definition) is 6. The first-order chi connectivity index (χ1) is 13.7. The van der Waals surface area contributed by atoms with Gasteiger partial charge in [-0.2, -0.15) is 0 Å². The minimum absolute atomic E-state index is 0.0817. The number of esters is 2. The van der Waals surface area contributed by atoms with Crippen LogP contribution in [-0.4, -0.2) is 31.9 Å². The van der Waals surface area contributed by atoms with Crippen LogP contribution in [-0.2, 0) is 14.3 Å². The fourth-order valence-corrected chi connectivity index (χ4v) is 3.00. The number of carbonyl (C=O) groups excluding carboxylic acids is 2. The van der Waals surface area contributed by atoms with Crippen LogP contribution in [0.4, 0.5) is 0 Å². The van der Waals surface area contributed by atoms with Crippen molar-refractivity contribution in [2.24, 2.45) is 0 Å². The molecule has 1 aromatic rings. The van der Waals surface area contributed by atoms with Crippen LogP contribution in [0.5, 0.6) is 11.5 Å². The lowest BCUT2D eigenvalue weighted by atomic mass is 10.1. The fourth-order valence-electron chi connectivity index (χ4n) is 3.00. The van der Waals surface area contributed by atoms with E-state index in [2.05, 4.69) is 0 Å². The van der Waals surface area contributed by atoms with Gasteiger partial charge in [-0.1, -0.05) is 45.4 Å². The van der Waals surface area contributed by atoms with Crippen molar-refractivity contribution < 1.29 is 28.5 Å². The summed E-state index contributed by atoms with van der Waals surface area (Å²) in [5, 5.41) is 0. The van der Waals surface area contributed by atoms with Crippen molar-refractivity contribution >= 4 is 11.9 Å². The van der Waals surface area contributed by atoms with Crippen LogP contribution >= 0.6 is 0 Å². The summed E-state index contributed by atoms with van der Waals surface area (Å²) in [6.45, 7) is 3.16. The molecule has 0 aliphatic carbocycles. The van der Waals surface area contributed by atoms with Crippen LogP contribution in [0.1, 0.15) is 81.5 Å². The number of fused-ring (bicyclic) bond motifs is 1. The number of benzene rings is 1. The second-order valence-electron chi connectivity index (χ2n) is 7.00. The first kappa shape index (κ1) is 22.1. The second-order valence-corrected chi connectivity index (χ2v) is 7.00. The molecule has 1 aliphatic rings. The molecule has 1 heterocycles. The van der Waals surface area contributed by atoms with Crippen molar-refractivity contribution in [3.63, 3.8) is 0 Å². The van der Waals surface area contributed by atoms with Gasteiger partial charge >= 0.3 is 11.9 Å². The van der Waals surface area contributed by atoms with Gasteiger partial charge < -0.3 is 18.9 Å². The maximum atomic E-state index is 12.0. The van der Waals surface area contributed by atoms with E-state index in [0.29, 0.717) is 36.7 Å². The predicted molar refractivity (Wildman–Crippen MR) is 106 cm³/mol. The smallest absolute Gasteiger partial charge is 0.338 e. The Hall–Kier alpha value is -2.24. The minimum Gasteiger partial charge on any atom is -0.466 e. The van der Waals surface area contributed by atoms with E-state index in [-0.39, 0.29) is 18.7 Å². The Kier molecular flexibility index (Phi) is 10.3. The number of rotatable bonds is 14. The number of hydrogen-bond donors (Lipinski definition) is 0. The Morgan fingerprint density at radius 2 is 1.46 bits per heavy atom. The van der Waals surface area contributed by atoms with E-state index < -0.39 is 0 Å². The quantitative estimate of drug-likeness (QED) is 0.326. The van der Waals surface area contributed by atoms with Crippen LogP contribution in [0.2, 0.25) is 0 Å². The molecule has 0 unspecified atom stereocenters. The van der Waals surface area contributed by atoms with E-state index in [1.165, 1.54) is 19.3 Å². The van der Waals surface area contributed by atoms with Gasteiger partial charge in [0.2, 0.25) is 6.79 Å². The van der Waals surface area contributed by atoms with Crippen LogP contribution in [0.25, 0.3) is 0 Å². The Bertz CT molecular complexity index is 613. The monoisotopic (exact) mass is 392 g/mol. The molecule has 0 N–H and O–H groups in total. The lowest BCUT2D eigenvalue weighted by Crippen LogP contribution is -2.06. The minimum atomic E-state index is -0.321. The van der Waals surface area contributed by atoms with Gasteiger partial charge in [-0.25, -0.2) is 4.79 Å². The van der Waals surface area contributed by atoms with Gasteiger partial charge in [0.1, 0.15) is 0 Å². The van der Waals surface area contributed by atoms with E-state index in [4.69, 9.17) is 18.9 Å². The molecule has 0 atom stereocenters. The largest absolute Gasteiger partial charge is 0.466 e. The lowest BCUT2D eigenvalue weighted by Gasteiger charge is -2.06. The first-order valence-electron chi connectivity index (χ1n) is 10.4. The van der Waals surface area contributed by atoms with Crippen LogP contribution in [0.3, 0.4) is 0 Å². The highest BCUT2D eigenvalue weighted by Gasteiger charge is 2.16. The molecule has 6 nitrogen and oxygen atoms in total. The van der Waals surface area contributed by atoms with Gasteiger partial charge in [0.25, 0.3) is 0 Å². The summed E-state index contributed by atoms with van der Waals surface area (Å²) in [5.74, 6) is 0.849. The van der Waals surface area contributed by atoms with E-state index in [9.17, 15) is 9.59 Å². The summed E-state index contributed by atoms with van der Waals surface area (Å²) in [4.78, 5) is 23.2. The van der Waals surface area contributed by atoms with Crippen LogP contribution in [0, 0.1) is 0 Å². The molecule has 6 heteroatoms. The van der Waals surface area contributed by atoms with Gasteiger partial charge in [0.15, 0.2) is 11.5 Å². The highest BCUT2D eigenvalue weighted by Crippen LogP contribution is 2.32. The molecule has 1 aromatic carbocycles. The molecule has 1 aliphatic heterocycles. The Labute approximate surface area is 167 Å². The maximum Gasteiger partial charge on any atom is 0.338 e. The summed E-state index contributed by atoms with van der Waals surface area (Å²) >= 11 is 0.